The van der Waals surface area contributed by atoms with E-state index in [4.69, 9.17) is 5.11 Å². The van der Waals surface area contributed by atoms with Crippen molar-refractivity contribution < 1.29 is 9.90 Å². The zero-order chi connectivity index (χ0) is 15.1. The third-order valence-electron chi connectivity index (χ3n) is 2.75. The van der Waals surface area contributed by atoms with E-state index in [0.717, 1.165) is 30.2 Å². The molecule has 0 aliphatic heterocycles. The molecule has 1 N–H and O–H groups in total. The lowest BCUT2D eigenvalue weighted by molar-refractivity contribution is -0.133. The Labute approximate surface area is 132 Å². The quantitative estimate of drug-likeness (QED) is 0.748. The van der Waals surface area contributed by atoms with E-state index >= 15 is 0 Å². The van der Waals surface area contributed by atoms with Crippen molar-refractivity contribution in [2.75, 3.05) is 17.2 Å². The number of aliphatic carboxylic acids is 1. The van der Waals surface area contributed by atoms with E-state index in [1.165, 1.54) is 23.1 Å². The fourth-order valence-corrected chi connectivity index (χ4v) is 3.36. The molecule has 2 aromatic rings. The van der Waals surface area contributed by atoms with Crippen LogP contribution >= 0.6 is 23.1 Å². The van der Waals surface area contributed by atoms with Crippen molar-refractivity contribution in [1.82, 2.24) is 10.2 Å². The number of hydrogen-bond donors (Lipinski definition) is 1. The first kappa shape index (κ1) is 15.8. The van der Waals surface area contributed by atoms with Crippen molar-refractivity contribution in [1.29, 1.82) is 0 Å². The first-order chi connectivity index (χ1) is 10.2. The molecule has 1 aromatic heterocycles. The second-order valence-corrected chi connectivity index (χ2v) is 6.55. The van der Waals surface area contributed by atoms with E-state index in [0.29, 0.717) is 4.34 Å². The molecule has 0 amide bonds. The van der Waals surface area contributed by atoms with Crippen molar-refractivity contribution >= 4 is 39.9 Å². The number of carboxylic acid groups (broad SMARTS) is 1. The number of carbonyl (C=O) groups is 1. The normalized spacial score (nSPS) is 10.5. The van der Waals surface area contributed by atoms with Crippen LogP contribution in [0.1, 0.15) is 19.8 Å². The fraction of sp³-hybridized carbons (Fsp3) is 0.357. The number of carboxylic acids is 1. The minimum atomic E-state index is -0.845. The highest BCUT2D eigenvalue weighted by Gasteiger charge is 2.15. The summed E-state index contributed by atoms with van der Waals surface area (Å²) in [5, 5.41) is 17.8. The van der Waals surface area contributed by atoms with Gasteiger partial charge in [-0.15, -0.1) is 10.2 Å². The molecule has 1 aromatic carbocycles. The minimum Gasteiger partial charge on any atom is -0.481 e. The van der Waals surface area contributed by atoms with Gasteiger partial charge in [0.1, 0.15) is 0 Å². The molecular weight excluding hydrogens is 306 g/mol. The van der Waals surface area contributed by atoms with Gasteiger partial charge in [-0.05, 0) is 18.6 Å². The van der Waals surface area contributed by atoms with Crippen molar-refractivity contribution in [2.24, 2.45) is 0 Å². The van der Waals surface area contributed by atoms with Crippen molar-refractivity contribution in [3.05, 3.63) is 30.3 Å². The summed E-state index contributed by atoms with van der Waals surface area (Å²) < 4.78 is 0.685. The van der Waals surface area contributed by atoms with Crippen molar-refractivity contribution in [3.8, 4) is 0 Å². The van der Waals surface area contributed by atoms with Crippen LogP contribution in [0.25, 0.3) is 0 Å². The molecule has 5 nitrogen and oxygen atoms in total. The second kappa shape index (κ2) is 7.99. The molecule has 0 aliphatic rings. The van der Waals surface area contributed by atoms with Gasteiger partial charge in [0.05, 0.1) is 5.75 Å². The number of aromatic nitrogens is 2. The Morgan fingerprint density at radius 3 is 2.76 bits per heavy atom. The summed E-state index contributed by atoms with van der Waals surface area (Å²) >= 11 is 2.64. The summed E-state index contributed by atoms with van der Waals surface area (Å²) in [4.78, 5) is 12.7. The van der Waals surface area contributed by atoms with Crippen LogP contribution in [0.15, 0.2) is 34.7 Å². The maximum Gasteiger partial charge on any atom is 0.313 e. The molecule has 0 spiro atoms. The standard InChI is InChI=1S/C14H17N3O2S2/c1-2-3-9-17(11-7-5-4-6-8-11)13-15-16-14(21-13)20-10-12(18)19/h4-8H,2-3,9-10H2,1H3,(H,18,19). The lowest BCUT2D eigenvalue weighted by atomic mass is 10.2. The van der Waals surface area contributed by atoms with Gasteiger partial charge < -0.3 is 10.0 Å². The SMILES string of the molecule is CCCCN(c1ccccc1)c1nnc(SCC(=O)O)s1. The lowest BCUT2D eigenvalue weighted by Gasteiger charge is -2.20. The number of rotatable bonds is 8. The molecule has 0 aliphatic carbocycles. The third kappa shape index (κ3) is 4.71. The van der Waals surface area contributed by atoms with E-state index in [2.05, 4.69) is 22.0 Å². The minimum absolute atomic E-state index is 0.00886. The Morgan fingerprint density at radius 2 is 2.10 bits per heavy atom. The Balaban J connectivity index is 2.15. The van der Waals surface area contributed by atoms with Gasteiger partial charge in [0.25, 0.3) is 0 Å². The van der Waals surface area contributed by atoms with Gasteiger partial charge >= 0.3 is 5.97 Å². The number of anilines is 2. The van der Waals surface area contributed by atoms with Crippen LogP contribution in [0.4, 0.5) is 10.8 Å². The summed E-state index contributed by atoms with van der Waals surface area (Å²) in [7, 11) is 0. The van der Waals surface area contributed by atoms with Crippen LogP contribution in [0.5, 0.6) is 0 Å². The summed E-state index contributed by atoms with van der Waals surface area (Å²) in [6.07, 6.45) is 2.16. The lowest BCUT2D eigenvalue weighted by Crippen LogP contribution is -2.18. The molecule has 0 bridgehead atoms. The van der Waals surface area contributed by atoms with Crippen LogP contribution < -0.4 is 4.90 Å². The Hall–Kier alpha value is -1.60. The average Bonchev–Trinajstić information content (AvgIpc) is 2.95. The first-order valence-electron chi connectivity index (χ1n) is 6.71. The molecule has 0 saturated heterocycles. The number of nitrogens with zero attached hydrogens (tertiary/aromatic N) is 3. The van der Waals surface area contributed by atoms with Crippen molar-refractivity contribution in [2.45, 2.75) is 24.1 Å². The predicted octanol–water partition coefficient (Wildman–Crippen LogP) is 3.65. The van der Waals surface area contributed by atoms with E-state index in [1.54, 1.807) is 0 Å². The van der Waals surface area contributed by atoms with Gasteiger partial charge in [0, 0.05) is 12.2 Å². The number of unbranched alkanes of at least 4 members (excludes halogenated alkanes) is 1. The highest BCUT2D eigenvalue weighted by atomic mass is 32.2. The Bertz CT molecular complexity index is 575. The summed E-state index contributed by atoms with van der Waals surface area (Å²) in [5.41, 5.74) is 1.08. The highest BCUT2D eigenvalue weighted by Crippen LogP contribution is 2.32. The van der Waals surface area contributed by atoms with Crippen LogP contribution in [0, 0.1) is 0 Å². The Morgan fingerprint density at radius 1 is 1.33 bits per heavy atom. The zero-order valence-electron chi connectivity index (χ0n) is 11.7. The maximum atomic E-state index is 10.6. The molecule has 2 rings (SSSR count). The Kier molecular flexibility index (Phi) is 6.01. The predicted molar refractivity (Wildman–Crippen MR) is 86.6 cm³/mol. The molecule has 7 heteroatoms. The second-order valence-electron chi connectivity index (χ2n) is 4.37. The largest absolute Gasteiger partial charge is 0.481 e. The van der Waals surface area contributed by atoms with Gasteiger partial charge in [-0.1, -0.05) is 54.6 Å². The summed E-state index contributed by atoms with van der Waals surface area (Å²) in [5.74, 6) is -0.836. The van der Waals surface area contributed by atoms with Crippen LogP contribution in [0.3, 0.4) is 0 Å². The van der Waals surface area contributed by atoms with Gasteiger partial charge in [0.15, 0.2) is 4.34 Å². The number of benzene rings is 1. The fourth-order valence-electron chi connectivity index (χ4n) is 1.75. The topological polar surface area (TPSA) is 66.3 Å². The molecule has 0 radical (unpaired) electrons. The molecular formula is C14H17N3O2S2. The molecule has 0 unspecified atom stereocenters. The van der Waals surface area contributed by atoms with Crippen molar-refractivity contribution in [3.63, 3.8) is 0 Å². The van der Waals surface area contributed by atoms with Gasteiger partial charge in [-0.2, -0.15) is 0 Å². The van der Waals surface area contributed by atoms with E-state index in [-0.39, 0.29) is 5.75 Å². The van der Waals surface area contributed by atoms with E-state index in [1.807, 2.05) is 30.3 Å². The van der Waals surface area contributed by atoms with E-state index in [9.17, 15) is 4.79 Å². The monoisotopic (exact) mass is 323 g/mol. The maximum absolute atomic E-state index is 10.6. The number of hydrogen-bond acceptors (Lipinski definition) is 6. The average molecular weight is 323 g/mol. The smallest absolute Gasteiger partial charge is 0.313 e. The van der Waals surface area contributed by atoms with Gasteiger partial charge in [-0.25, -0.2) is 0 Å². The zero-order valence-corrected chi connectivity index (χ0v) is 13.4. The first-order valence-corrected chi connectivity index (χ1v) is 8.51. The van der Waals surface area contributed by atoms with Crippen LogP contribution in [-0.2, 0) is 4.79 Å². The summed E-state index contributed by atoms with van der Waals surface area (Å²) in [6.45, 7) is 3.02. The van der Waals surface area contributed by atoms with Gasteiger partial charge in [0.2, 0.25) is 5.13 Å². The van der Waals surface area contributed by atoms with Crippen LogP contribution in [-0.4, -0.2) is 33.6 Å². The van der Waals surface area contributed by atoms with Crippen LogP contribution in [0.2, 0.25) is 0 Å². The third-order valence-corrected chi connectivity index (χ3v) is 4.81. The molecule has 112 valence electrons. The molecule has 0 fully saturated rings. The molecule has 0 saturated carbocycles. The molecule has 1 heterocycles. The number of para-hydroxylation sites is 1. The number of thioether (sulfide) groups is 1. The van der Waals surface area contributed by atoms with E-state index < -0.39 is 5.97 Å². The summed E-state index contributed by atoms with van der Waals surface area (Å²) in [6, 6.07) is 10.1. The highest BCUT2D eigenvalue weighted by molar-refractivity contribution is 8.01. The molecule has 21 heavy (non-hydrogen) atoms. The molecule has 0 atom stereocenters. The van der Waals surface area contributed by atoms with Gasteiger partial charge in [-0.3, -0.25) is 4.79 Å².